The normalized spacial score (nSPS) is 12.2. The van der Waals surface area contributed by atoms with Gasteiger partial charge in [-0.3, -0.25) is 0 Å². The molecule has 1 aromatic heterocycles. The van der Waals surface area contributed by atoms with Gasteiger partial charge in [-0.05, 0) is 25.1 Å². The van der Waals surface area contributed by atoms with Crippen molar-refractivity contribution in [3.05, 3.63) is 65.1 Å². The lowest BCUT2D eigenvalue weighted by Gasteiger charge is -2.00. The van der Waals surface area contributed by atoms with Crippen molar-refractivity contribution in [2.75, 3.05) is 0 Å². The van der Waals surface area contributed by atoms with Crippen LogP contribution in [0.3, 0.4) is 0 Å². The highest BCUT2D eigenvalue weighted by Crippen LogP contribution is 2.31. The van der Waals surface area contributed by atoms with Crippen molar-refractivity contribution in [3.63, 3.8) is 0 Å². The topological polar surface area (TPSA) is 13.2 Å². The zero-order chi connectivity index (χ0) is 13.0. The fraction of sp³-hybridized carbons (Fsp3) is 0.125. The summed E-state index contributed by atoms with van der Waals surface area (Å²) in [5.41, 5.74) is 5.52. The lowest BCUT2D eigenvalue weighted by molar-refractivity contribution is -0.749. The molecule has 0 saturated heterocycles. The van der Waals surface area contributed by atoms with Gasteiger partial charge in [0, 0.05) is 5.56 Å². The molecule has 1 aliphatic rings. The van der Waals surface area contributed by atoms with Gasteiger partial charge in [0.1, 0.15) is 11.2 Å². The summed E-state index contributed by atoms with van der Waals surface area (Å²) in [6, 6.07) is 12.4. The maximum Gasteiger partial charge on any atom is 0.217 e. The Bertz CT molecular complexity index is 866. The molecule has 2 heterocycles. The van der Waals surface area contributed by atoms with Gasteiger partial charge in [0.05, 0.1) is 12.0 Å². The minimum Gasteiger partial charge on any atom is -0.236 e. The standard InChI is InChI=1S/C16H12N3/c1-11-6-7-15-13(8-11)10-18-9-12-4-3-5-14(17-2)16(12)19(15)18/h3-9H,10H2,1H3/q+1. The molecular formula is C16H12N3+. The van der Waals surface area contributed by atoms with Gasteiger partial charge in [0.15, 0.2) is 6.54 Å². The van der Waals surface area contributed by atoms with Crippen LogP contribution in [0.25, 0.3) is 21.4 Å². The summed E-state index contributed by atoms with van der Waals surface area (Å²) in [6.45, 7) is 10.3. The second kappa shape index (κ2) is 3.46. The first-order chi connectivity index (χ1) is 9.28. The molecule has 0 atom stereocenters. The highest BCUT2D eigenvalue weighted by Gasteiger charge is 2.28. The number of hydrogen-bond donors (Lipinski definition) is 0. The largest absolute Gasteiger partial charge is 0.236 e. The Balaban J connectivity index is 2.13. The van der Waals surface area contributed by atoms with E-state index in [1.54, 1.807) is 0 Å². The zero-order valence-corrected chi connectivity index (χ0v) is 10.6. The fourth-order valence-electron chi connectivity index (χ4n) is 2.92. The Morgan fingerprint density at radius 2 is 2.16 bits per heavy atom. The molecule has 0 aliphatic carbocycles. The minimum atomic E-state index is 0.713. The van der Waals surface area contributed by atoms with Gasteiger partial charge < -0.3 is 0 Å². The van der Waals surface area contributed by atoms with Crippen molar-refractivity contribution in [2.45, 2.75) is 13.5 Å². The van der Waals surface area contributed by atoms with Crippen LogP contribution >= 0.6 is 0 Å². The average molecular weight is 246 g/mol. The van der Waals surface area contributed by atoms with Crippen molar-refractivity contribution in [1.29, 1.82) is 0 Å². The van der Waals surface area contributed by atoms with Crippen molar-refractivity contribution >= 4 is 16.6 Å². The predicted octanol–water partition coefficient (Wildman–Crippen LogP) is 3.14. The lowest BCUT2D eigenvalue weighted by Crippen LogP contribution is -2.36. The van der Waals surface area contributed by atoms with Gasteiger partial charge in [-0.25, -0.2) is 4.85 Å². The third-order valence-electron chi connectivity index (χ3n) is 3.72. The summed E-state index contributed by atoms with van der Waals surface area (Å²) < 4.78 is 4.35. The number of benzene rings is 2. The monoisotopic (exact) mass is 246 g/mol. The number of aromatic nitrogens is 2. The molecule has 3 nitrogen and oxygen atoms in total. The highest BCUT2D eigenvalue weighted by atomic mass is 15.4. The molecule has 0 amide bonds. The Morgan fingerprint density at radius 3 is 3.00 bits per heavy atom. The molecule has 1 aliphatic heterocycles. The van der Waals surface area contributed by atoms with Crippen LogP contribution in [-0.2, 0) is 6.54 Å². The number of para-hydroxylation sites is 1. The van der Waals surface area contributed by atoms with Crippen LogP contribution in [-0.4, -0.2) is 4.68 Å². The Hall–Kier alpha value is -2.60. The highest BCUT2D eigenvalue weighted by molar-refractivity contribution is 5.91. The smallest absolute Gasteiger partial charge is 0.217 e. The van der Waals surface area contributed by atoms with Gasteiger partial charge in [-0.2, -0.15) is 0 Å². The summed E-state index contributed by atoms with van der Waals surface area (Å²) in [5, 5.41) is 1.12. The second-order valence-corrected chi connectivity index (χ2v) is 5.00. The number of rotatable bonds is 0. The van der Waals surface area contributed by atoms with E-state index in [2.05, 4.69) is 51.6 Å². The number of nitrogens with zero attached hydrogens (tertiary/aromatic N) is 3. The van der Waals surface area contributed by atoms with E-state index in [-0.39, 0.29) is 0 Å². The first-order valence-corrected chi connectivity index (χ1v) is 6.29. The molecule has 0 saturated carbocycles. The third-order valence-corrected chi connectivity index (χ3v) is 3.72. The summed E-state index contributed by atoms with van der Waals surface area (Å²) in [6.07, 6.45) is 2.12. The van der Waals surface area contributed by atoms with Crippen LogP contribution in [0.5, 0.6) is 0 Å². The van der Waals surface area contributed by atoms with E-state index in [0.29, 0.717) is 5.69 Å². The van der Waals surface area contributed by atoms with E-state index >= 15 is 0 Å². The second-order valence-electron chi connectivity index (χ2n) is 5.00. The molecule has 0 radical (unpaired) electrons. The summed E-state index contributed by atoms with van der Waals surface area (Å²) in [5.74, 6) is 0. The lowest BCUT2D eigenvalue weighted by atomic mass is 10.1. The molecule has 0 spiro atoms. The molecule has 19 heavy (non-hydrogen) atoms. The van der Waals surface area contributed by atoms with Gasteiger partial charge in [-0.15, -0.1) is 9.36 Å². The van der Waals surface area contributed by atoms with Crippen LogP contribution in [0.15, 0.2) is 42.6 Å². The van der Waals surface area contributed by atoms with Crippen molar-refractivity contribution in [1.82, 2.24) is 4.68 Å². The summed E-state index contributed by atoms with van der Waals surface area (Å²) >= 11 is 0. The average Bonchev–Trinajstić information content (AvgIpc) is 2.92. The van der Waals surface area contributed by atoms with Crippen LogP contribution < -0.4 is 4.68 Å². The Kier molecular flexibility index (Phi) is 1.88. The minimum absolute atomic E-state index is 0.713. The molecule has 0 bridgehead atoms. The van der Waals surface area contributed by atoms with Gasteiger partial charge in [-0.1, -0.05) is 23.8 Å². The van der Waals surface area contributed by atoms with E-state index in [0.717, 1.165) is 17.4 Å². The maximum absolute atomic E-state index is 7.35. The molecule has 0 unspecified atom stereocenters. The van der Waals surface area contributed by atoms with Gasteiger partial charge >= 0.3 is 0 Å². The predicted molar refractivity (Wildman–Crippen MR) is 73.6 cm³/mol. The maximum atomic E-state index is 7.35. The van der Waals surface area contributed by atoms with E-state index in [4.69, 9.17) is 6.57 Å². The number of aryl methyl sites for hydroxylation is 1. The quantitative estimate of drug-likeness (QED) is 0.334. The molecule has 4 rings (SSSR count). The number of fused-ring (bicyclic) bond motifs is 5. The van der Waals surface area contributed by atoms with Crippen molar-refractivity contribution in [3.8, 4) is 5.69 Å². The Labute approximate surface area is 111 Å². The van der Waals surface area contributed by atoms with Crippen LogP contribution in [0, 0.1) is 13.5 Å². The van der Waals surface area contributed by atoms with E-state index in [9.17, 15) is 0 Å². The molecular weight excluding hydrogens is 234 g/mol. The molecule has 3 heteroatoms. The van der Waals surface area contributed by atoms with Crippen molar-refractivity contribution in [2.24, 2.45) is 0 Å². The third kappa shape index (κ3) is 1.28. The molecule has 90 valence electrons. The zero-order valence-electron chi connectivity index (χ0n) is 10.6. The van der Waals surface area contributed by atoms with Gasteiger partial charge in [0.2, 0.25) is 11.9 Å². The van der Waals surface area contributed by atoms with Crippen LogP contribution in [0.4, 0.5) is 5.69 Å². The van der Waals surface area contributed by atoms with Crippen LogP contribution in [0.1, 0.15) is 11.1 Å². The summed E-state index contributed by atoms with van der Waals surface area (Å²) in [4.78, 5) is 3.65. The van der Waals surface area contributed by atoms with E-state index in [1.165, 1.54) is 16.8 Å². The number of hydrogen-bond acceptors (Lipinski definition) is 0. The molecule has 2 aromatic carbocycles. The SMILES string of the molecule is [C-]#[N+]c1cccc2c[n+]3n(c12)-c1ccc(C)cc1C3. The first kappa shape index (κ1) is 10.3. The summed E-state index contributed by atoms with van der Waals surface area (Å²) in [7, 11) is 0. The fourth-order valence-corrected chi connectivity index (χ4v) is 2.92. The van der Waals surface area contributed by atoms with E-state index < -0.39 is 0 Å². The van der Waals surface area contributed by atoms with Crippen molar-refractivity contribution < 1.29 is 4.68 Å². The molecule has 0 fully saturated rings. The molecule has 3 aromatic rings. The Morgan fingerprint density at radius 1 is 1.26 bits per heavy atom. The van der Waals surface area contributed by atoms with Crippen LogP contribution in [0.2, 0.25) is 0 Å². The first-order valence-electron chi connectivity index (χ1n) is 6.29. The molecule has 0 N–H and O–H groups in total. The van der Waals surface area contributed by atoms with E-state index in [1.807, 2.05) is 12.1 Å². The van der Waals surface area contributed by atoms with Gasteiger partial charge in [0.25, 0.3) is 0 Å².